The Morgan fingerprint density at radius 3 is 3.00 bits per heavy atom. The van der Waals surface area contributed by atoms with Gasteiger partial charge < -0.3 is 10.6 Å². The largest absolute Gasteiger partial charge is 0.364 e. The van der Waals surface area contributed by atoms with Gasteiger partial charge in [0, 0.05) is 13.1 Å². The number of rotatable bonds is 5. The van der Waals surface area contributed by atoms with Crippen LogP contribution in [0.5, 0.6) is 0 Å². The Kier molecular flexibility index (Phi) is 4.36. The van der Waals surface area contributed by atoms with Crippen molar-refractivity contribution >= 4 is 11.5 Å². The lowest BCUT2D eigenvalue weighted by Crippen LogP contribution is -2.33. The second kappa shape index (κ2) is 6.01. The first-order valence-corrected chi connectivity index (χ1v) is 6.79. The molecule has 19 heavy (non-hydrogen) atoms. The van der Waals surface area contributed by atoms with Crippen LogP contribution in [-0.4, -0.2) is 34.3 Å². The molecule has 1 aliphatic heterocycles. The van der Waals surface area contributed by atoms with Crippen molar-refractivity contribution in [2.75, 3.05) is 25.0 Å². The van der Waals surface area contributed by atoms with Crippen molar-refractivity contribution < 1.29 is 4.92 Å². The van der Waals surface area contributed by atoms with Gasteiger partial charge in [-0.2, -0.15) is 5.10 Å². The van der Waals surface area contributed by atoms with Gasteiger partial charge in [0.25, 0.3) is 0 Å². The van der Waals surface area contributed by atoms with Crippen molar-refractivity contribution in [2.45, 2.75) is 33.2 Å². The maximum absolute atomic E-state index is 11.1. The summed E-state index contributed by atoms with van der Waals surface area (Å²) in [5.41, 5.74) is 0.571. The molecule has 7 heteroatoms. The maximum atomic E-state index is 11.1. The quantitative estimate of drug-likeness (QED) is 0.624. The van der Waals surface area contributed by atoms with E-state index in [1.54, 1.807) is 11.6 Å². The lowest BCUT2D eigenvalue weighted by atomic mass is 10.00. The molecule has 106 valence electrons. The summed E-state index contributed by atoms with van der Waals surface area (Å²) in [4.78, 5) is 10.8. The molecule has 1 fully saturated rings. The van der Waals surface area contributed by atoms with Crippen molar-refractivity contribution in [3.63, 3.8) is 0 Å². The number of hydrogen-bond donors (Lipinski definition) is 2. The van der Waals surface area contributed by atoms with Gasteiger partial charge in [-0.05, 0) is 45.7 Å². The number of hydrogen-bond acceptors (Lipinski definition) is 5. The summed E-state index contributed by atoms with van der Waals surface area (Å²) in [5, 5.41) is 21.9. The Hall–Kier alpha value is -1.63. The molecule has 0 aromatic carbocycles. The first-order chi connectivity index (χ1) is 9.13. The van der Waals surface area contributed by atoms with Gasteiger partial charge in [-0.1, -0.05) is 0 Å². The normalized spacial score (nSPS) is 19.4. The molecule has 1 aromatic rings. The molecular formula is C12H21N5O2. The molecule has 1 saturated heterocycles. The van der Waals surface area contributed by atoms with Crippen LogP contribution >= 0.6 is 0 Å². The van der Waals surface area contributed by atoms with Crippen LogP contribution in [0, 0.1) is 23.0 Å². The SMILES string of the molecule is CCn1nc(C)c([N+](=O)[O-])c1NCC1CCCNC1. The Morgan fingerprint density at radius 2 is 2.42 bits per heavy atom. The third-order valence-electron chi connectivity index (χ3n) is 3.54. The summed E-state index contributed by atoms with van der Waals surface area (Å²) in [6, 6.07) is 0. The highest BCUT2D eigenvalue weighted by Gasteiger charge is 2.25. The molecule has 1 aromatic heterocycles. The van der Waals surface area contributed by atoms with Crippen LogP contribution in [0.25, 0.3) is 0 Å². The molecular weight excluding hydrogens is 246 g/mol. The third-order valence-corrected chi connectivity index (χ3v) is 3.54. The first kappa shape index (κ1) is 13.8. The first-order valence-electron chi connectivity index (χ1n) is 6.79. The van der Waals surface area contributed by atoms with E-state index in [1.807, 2.05) is 6.92 Å². The van der Waals surface area contributed by atoms with Crippen LogP contribution in [0.2, 0.25) is 0 Å². The number of anilines is 1. The Balaban J connectivity index is 2.11. The standard InChI is InChI=1S/C12H21N5O2/c1-3-16-12(11(17(18)19)9(2)15-16)14-8-10-5-4-6-13-7-10/h10,13-14H,3-8H2,1-2H3. The predicted molar refractivity (Wildman–Crippen MR) is 73.4 cm³/mol. The minimum atomic E-state index is -0.351. The second-order valence-electron chi connectivity index (χ2n) is 4.95. The number of aryl methyl sites for hydroxylation is 2. The van der Waals surface area contributed by atoms with E-state index in [1.165, 1.54) is 6.42 Å². The van der Waals surface area contributed by atoms with E-state index < -0.39 is 0 Å². The van der Waals surface area contributed by atoms with Crippen molar-refractivity contribution in [2.24, 2.45) is 5.92 Å². The predicted octanol–water partition coefficient (Wildman–Crippen LogP) is 1.53. The lowest BCUT2D eigenvalue weighted by molar-refractivity contribution is -0.384. The maximum Gasteiger partial charge on any atom is 0.333 e. The molecule has 1 atom stereocenters. The zero-order valence-corrected chi connectivity index (χ0v) is 11.5. The fraction of sp³-hybridized carbons (Fsp3) is 0.750. The van der Waals surface area contributed by atoms with E-state index in [0.717, 1.165) is 26.1 Å². The molecule has 0 spiro atoms. The van der Waals surface area contributed by atoms with Crippen molar-refractivity contribution in [3.05, 3.63) is 15.8 Å². The highest BCUT2D eigenvalue weighted by molar-refractivity contribution is 5.59. The van der Waals surface area contributed by atoms with Crippen molar-refractivity contribution in [3.8, 4) is 0 Å². The summed E-state index contributed by atoms with van der Waals surface area (Å²) < 4.78 is 1.67. The molecule has 2 heterocycles. The molecule has 0 saturated carbocycles. The fourth-order valence-electron chi connectivity index (χ4n) is 2.53. The summed E-state index contributed by atoms with van der Waals surface area (Å²) in [5.74, 6) is 1.06. The molecule has 0 aliphatic carbocycles. The number of nitro groups is 1. The molecule has 0 amide bonds. The fourth-order valence-corrected chi connectivity index (χ4v) is 2.53. The van der Waals surface area contributed by atoms with Crippen LogP contribution < -0.4 is 10.6 Å². The van der Waals surface area contributed by atoms with Gasteiger partial charge in [-0.3, -0.25) is 10.1 Å². The number of nitrogens with zero attached hydrogens (tertiary/aromatic N) is 3. The van der Waals surface area contributed by atoms with Crippen LogP contribution in [-0.2, 0) is 6.54 Å². The molecule has 1 aliphatic rings. The minimum absolute atomic E-state index is 0.102. The topological polar surface area (TPSA) is 85.0 Å². The molecule has 0 bridgehead atoms. The van der Waals surface area contributed by atoms with Crippen LogP contribution in [0.1, 0.15) is 25.5 Å². The van der Waals surface area contributed by atoms with E-state index in [9.17, 15) is 10.1 Å². The minimum Gasteiger partial charge on any atom is -0.364 e. The molecule has 1 unspecified atom stereocenters. The van der Waals surface area contributed by atoms with E-state index in [-0.39, 0.29) is 10.6 Å². The van der Waals surface area contributed by atoms with E-state index in [0.29, 0.717) is 24.0 Å². The number of nitrogens with one attached hydrogen (secondary N) is 2. The Bertz CT molecular complexity index is 451. The molecule has 7 nitrogen and oxygen atoms in total. The van der Waals surface area contributed by atoms with Crippen LogP contribution in [0.15, 0.2) is 0 Å². The van der Waals surface area contributed by atoms with E-state index >= 15 is 0 Å². The van der Waals surface area contributed by atoms with Gasteiger partial charge >= 0.3 is 5.69 Å². The highest BCUT2D eigenvalue weighted by atomic mass is 16.6. The zero-order chi connectivity index (χ0) is 13.8. The van der Waals surface area contributed by atoms with Gasteiger partial charge in [0.05, 0.1) is 4.92 Å². The average molecular weight is 267 g/mol. The summed E-state index contributed by atoms with van der Waals surface area (Å²) >= 11 is 0. The Morgan fingerprint density at radius 1 is 1.63 bits per heavy atom. The molecule has 2 N–H and O–H groups in total. The van der Waals surface area contributed by atoms with Gasteiger partial charge in [-0.25, -0.2) is 4.68 Å². The van der Waals surface area contributed by atoms with Crippen LogP contribution in [0.4, 0.5) is 11.5 Å². The van der Waals surface area contributed by atoms with Crippen LogP contribution in [0.3, 0.4) is 0 Å². The van der Waals surface area contributed by atoms with Gasteiger partial charge in [0.1, 0.15) is 5.69 Å². The Labute approximate surface area is 112 Å². The highest BCUT2D eigenvalue weighted by Crippen LogP contribution is 2.28. The number of piperidine rings is 1. The van der Waals surface area contributed by atoms with E-state index in [4.69, 9.17) is 0 Å². The summed E-state index contributed by atoms with van der Waals surface area (Å²) in [6.45, 7) is 7.03. The molecule has 0 radical (unpaired) electrons. The lowest BCUT2D eigenvalue weighted by Gasteiger charge is -2.23. The van der Waals surface area contributed by atoms with Gasteiger partial charge in [0.2, 0.25) is 5.82 Å². The van der Waals surface area contributed by atoms with Crippen molar-refractivity contribution in [1.82, 2.24) is 15.1 Å². The third kappa shape index (κ3) is 3.04. The van der Waals surface area contributed by atoms with E-state index in [2.05, 4.69) is 15.7 Å². The smallest absolute Gasteiger partial charge is 0.333 e. The summed E-state index contributed by atoms with van der Waals surface area (Å²) in [6.07, 6.45) is 2.33. The van der Waals surface area contributed by atoms with Gasteiger partial charge in [0.15, 0.2) is 0 Å². The second-order valence-corrected chi connectivity index (χ2v) is 4.95. The monoisotopic (exact) mass is 267 g/mol. The number of aromatic nitrogens is 2. The average Bonchev–Trinajstić information content (AvgIpc) is 2.73. The summed E-state index contributed by atoms with van der Waals surface area (Å²) in [7, 11) is 0. The zero-order valence-electron chi connectivity index (χ0n) is 11.5. The van der Waals surface area contributed by atoms with Gasteiger partial charge in [-0.15, -0.1) is 0 Å². The molecule has 2 rings (SSSR count). The van der Waals surface area contributed by atoms with Crippen molar-refractivity contribution in [1.29, 1.82) is 0 Å².